The quantitative estimate of drug-likeness (QED) is 0.0684. The van der Waals surface area contributed by atoms with Gasteiger partial charge in [-0.2, -0.15) is 0 Å². The summed E-state index contributed by atoms with van der Waals surface area (Å²) >= 11 is 0. The van der Waals surface area contributed by atoms with Gasteiger partial charge in [0.1, 0.15) is 29.8 Å². The second kappa shape index (κ2) is 26.0. The molecule has 8 atom stereocenters. The van der Waals surface area contributed by atoms with Crippen LogP contribution in [-0.2, 0) is 48.1 Å². The van der Waals surface area contributed by atoms with E-state index in [-0.39, 0.29) is 49.6 Å². The van der Waals surface area contributed by atoms with Gasteiger partial charge in [0.15, 0.2) is 0 Å². The van der Waals surface area contributed by atoms with Crippen LogP contribution < -0.4 is 26.6 Å². The Balaban J connectivity index is 1.53. The van der Waals surface area contributed by atoms with Crippen LogP contribution >= 0.6 is 0 Å². The van der Waals surface area contributed by atoms with Gasteiger partial charge in [-0.3, -0.25) is 33.9 Å². The standard InChI is InChI=1S/C50H76N10O8/c1-11-33(6)43(46(64)54-28-35-20-15-16-22-52-35)58-47(65)42(32(4)5)53-29-41(61)37(24-31(2)3)56-45(63)40(26-36-27-51-30-55-36)59(10)48(66)38(25-34-18-13-12-14-19-34)57-44(62)39-21-17-23-60(39)49(67)68-50(7,8)9/h12-16,18-20,22,27,30-33,37-43,53,61H,11,17,21,23-26,28-29H2,1-10H3,(H,51,55)(H,54,64)(H,56,63)(H,57,62)(H,58,65)/t33-,37-,38-,39-,40-,41?,42-,43-/m0/s1. The Hall–Kier alpha value is -5.88. The van der Waals surface area contributed by atoms with Crippen LogP contribution in [0.1, 0.15) is 105 Å². The molecule has 1 aliphatic heterocycles. The highest BCUT2D eigenvalue weighted by Gasteiger charge is 2.40. The van der Waals surface area contributed by atoms with Gasteiger partial charge >= 0.3 is 6.09 Å². The number of aromatic amines is 1. The molecule has 374 valence electrons. The van der Waals surface area contributed by atoms with E-state index in [4.69, 9.17) is 4.74 Å². The first-order chi connectivity index (χ1) is 32.2. The molecule has 0 radical (unpaired) electrons. The minimum atomic E-state index is -1.18. The van der Waals surface area contributed by atoms with Gasteiger partial charge in [0.25, 0.3) is 0 Å². The molecule has 68 heavy (non-hydrogen) atoms. The lowest BCUT2D eigenvalue weighted by Gasteiger charge is -2.34. The normalized spacial score (nSPS) is 17.0. The van der Waals surface area contributed by atoms with Crippen LogP contribution in [0.2, 0.25) is 0 Å². The molecule has 6 amide bonds. The summed E-state index contributed by atoms with van der Waals surface area (Å²) in [5.41, 5.74) is 1.25. The number of aromatic nitrogens is 3. The van der Waals surface area contributed by atoms with Crippen LogP contribution in [0.5, 0.6) is 0 Å². The van der Waals surface area contributed by atoms with Crippen LogP contribution in [-0.4, -0.2) is 134 Å². The first-order valence-corrected chi connectivity index (χ1v) is 24.0. The molecule has 18 nitrogen and oxygen atoms in total. The maximum atomic E-state index is 14.7. The zero-order valence-corrected chi connectivity index (χ0v) is 41.6. The molecule has 18 heteroatoms. The fraction of sp³-hybridized carbons (Fsp3) is 0.600. The van der Waals surface area contributed by atoms with Gasteiger partial charge in [0.2, 0.25) is 29.5 Å². The number of hydrogen-bond acceptors (Lipinski definition) is 11. The summed E-state index contributed by atoms with van der Waals surface area (Å²) in [7, 11) is 1.50. The van der Waals surface area contributed by atoms with Gasteiger partial charge in [0, 0.05) is 51.1 Å². The fourth-order valence-corrected chi connectivity index (χ4v) is 8.16. The third kappa shape index (κ3) is 16.7. The number of likely N-dealkylation sites (N-methyl/N-ethyl adjacent to an activating group) is 1. The fourth-order valence-electron chi connectivity index (χ4n) is 8.16. The number of benzene rings is 1. The summed E-state index contributed by atoms with van der Waals surface area (Å²) in [6.07, 6.45) is 4.98. The predicted molar refractivity (Wildman–Crippen MR) is 258 cm³/mol. The van der Waals surface area contributed by atoms with Crippen molar-refractivity contribution in [2.45, 2.75) is 155 Å². The first-order valence-electron chi connectivity index (χ1n) is 24.0. The lowest BCUT2D eigenvalue weighted by molar-refractivity contribution is -0.142. The van der Waals surface area contributed by atoms with Crippen molar-refractivity contribution < 1.29 is 38.6 Å². The number of amides is 6. The second-order valence-electron chi connectivity index (χ2n) is 19.7. The molecule has 7 N–H and O–H groups in total. The highest BCUT2D eigenvalue weighted by molar-refractivity contribution is 5.94. The zero-order chi connectivity index (χ0) is 50.1. The molecule has 0 aliphatic carbocycles. The van der Waals surface area contributed by atoms with Crippen LogP contribution in [0.25, 0.3) is 0 Å². The average Bonchev–Trinajstić information content (AvgIpc) is 4.01. The number of likely N-dealkylation sites (tertiary alicyclic amines) is 1. The molecule has 1 unspecified atom stereocenters. The Labute approximate surface area is 401 Å². The van der Waals surface area contributed by atoms with Gasteiger partial charge in [-0.05, 0) is 75.5 Å². The van der Waals surface area contributed by atoms with Crippen LogP contribution in [0.4, 0.5) is 4.79 Å². The van der Waals surface area contributed by atoms with Crippen molar-refractivity contribution in [3.8, 4) is 0 Å². The highest BCUT2D eigenvalue weighted by atomic mass is 16.6. The average molecular weight is 945 g/mol. The summed E-state index contributed by atoms with van der Waals surface area (Å²) in [6.45, 7) is 17.2. The number of ether oxygens (including phenoxy) is 1. The van der Waals surface area contributed by atoms with Gasteiger partial charge in [-0.15, -0.1) is 0 Å². The Kier molecular flexibility index (Phi) is 20.9. The van der Waals surface area contributed by atoms with Crippen LogP contribution in [0.15, 0.2) is 67.3 Å². The van der Waals surface area contributed by atoms with Crippen molar-refractivity contribution >= 4 is 35.6 Å². The number of H-pyrrole nitrogens is 1. The van der Waals surface area contributed by atoms with Gasteiger partial charge < -0.3 is 46.3 Å². The molecule has 1 aliphatic rings. The van der Waals surface area contributed by atoms with E-state index < -0.39 is 77.7 Å². The van der Waals surface area contributed by atoms with Crippen molar-refractivity contribution in [2.75, 3.05) is 20.1 Å². The molecule has 3 heterocycles. The minimum Gasteiger partial charge on any atom is -0.444 e. The summed E-state index contributed by atoms with van der Waals surface area (Å²) in [5.74, 6) is -2.75. The summed E-state index contributed by atoms with van der Waals surface area (Å²) in [4.78, 5) is 97.9. The molecule has 1 saturated heterocycles. The van der Waals surface area contributed by atoms with Crippen molar-refractivity contribution in [3.63, 3.8) is 0 Å². The number of carbonyl (C=O) groups excluding carboxylic acids is 6. The van der Waals surface area contributed by atoms with E-state index in [9.17, 15) is 33.9 Å². The maximum Gasteiger partial charge on any atom is 0.410 e. The van der Waals surface area contributed by atoms with Crippen molar-refractivity contribution in [1.29, 1.82) is 0 Å². The lowest BCUT2D eigenvalue weighted by atomic mass is 9.95. The molecule has 0 saturated carbocycles. The minimum absolute atomic E-state index is 0.0201. The molecule has 1 fully saturated rings. The highest BCUT2D eigenvalue weighted by Crippen LogP contribution is 2.22. The van der Waals surface area contributed by atoms with Gasteiger partial charge in [-0.1, -0.05) is 84.4 Å². The van der Waals surface area contributed by atoms with E-state index in [0.29, 0.717) is 43.6 Å². The van der Waals surface area contributed by atoms with Gasteiger partial charge in [0.05, 0.1) is 36.8 Å². The van der Waals surface area contributed by atoms with E-state index >= 15 is 0 Å². The van der Waals surface area contributed by atoms with Crippen LogP contribution in [0, 0.1) is 17.8 Å². The maximum absolute atomic E-state index is 14.7. The Morgan fingerprint density at radius 3 is 2.22 bits per heavy atom. The third-order valence-corrected chi connectivity index (χ3v) is 12.1. The molecule has 3 aromatic rings. The number of rotatable bonds is 24. The van der Waals surface area contributed by atoms with Crippen molar-refractivity contribution in [2.24, 2.45) is 17.8 Å². The molecular formula is C50H76N10O8. The topological polar surface area (TPSA) is 240 Å². The summed E-state index contributed by atoms with van der Waals surface area (Å²) in [5, 5.41) is 26.8. The number of nitrogens with zero attached hydrogens (tertiary/aromatic N) is 4. The van der Waals surface area contributed by atoms with Gasteiger partial charge in [-0.25, -0.2) is 9.78 Å². The molecule has 4 rings (SSSR count). The lowest BCUT2D eigenvalue weighted by Crippen LogP contribution is -2.60. The molecule has 0 bridgehead atoms. The van der Waals surface area contributed by atoms with Crippen LogP contribution in [0.3, 0.4) is 0 Å². The number of nitrogens with one attached hydrogen (secondary N) is 6. The first kappa shape index (κ1) is 54.7. The van der Waals surface area contributed by atoms with Crippen molar-refractivity contribution in [1.82, 2.24) is 51.3 Å². The Morgan fingerprint density at radius 1 is 0.912 bits per heavy atom. The second-order valence-corrected chi connectivity index (χ2v) is 19.7. The summed E-state index contributed by atoms with van der Waals surface area (Å²) < 4.78 is 5.59. The van der Waals surface area contributed by atoms with E-state index in [1.807, 2.05) is 77.9 Å². The number of pyridine rings is 1. The van der Waals surface area contributed by atoms with E-state index in [0.717, 1.165) is 5.56 Å². The number of imidazole rings is 1. The monoisotopic (exact) mass is 945 g/mol. The number of aliphatic hydroxyl groups is 1. The molecule has 2 aromatic heterocycles. The number of carbonyl (C=O) groups is 6. The molecular weight excluding hydrogens is 869 g/mol. The smallest absolute Gasteiger partial charge is 0.410 e. The third-order valence-electron chi connectivity index (χ3n) is 12.1. The predicted octanol–water partition coefficient (Wildman–Crippen LogP) is 3.65. The Morgan fingerprint density at radius 2 is 1.62 bits per heavy atom. The Bertz CT molecular complexity index is 2060. The molecule has 0 spiro atoms. The van der Waals surface area contributed by atoms with E-state index in [1.165, 1.54) is 23.2 Å². The van der Waals surface area contributed by atoms with E-state index in [1.54, 1.807) is 45.3 Å². The van der Waals surface area contributed by atoms with E-state index in [2.05, 4.69) is 41.5 Å². The molecule has 1 aromatic carbocycles. The largest absolute Gasteiger partial charge is 0.444 e. The number of aliphatic hydroxyl groups excluding tert-OH is 1. The SMILES string of the molecule is CC[C@H](C)[C@H](NC(=O)[C@@H](NCC(O)[C@H](CC(C)C)NC(=O)[C@H](Cc1cnc[nH]1)N(C)C(=O)[C@H](Cc1ccccc1)NC(=O)[C@@H]1CCCN1C(=O)OC(C)(C)C)C(C)C)C(=O)NCc1ccccn1. The summed E-state index contributed by atoms with van der Waals surface area (Å²) in [6, 6.07) is 9.07. The zero-order valence-electron chi connectivity index (χ0n) is 41.6. The van der Waals surface area contributed by atoms with Crippen molar-refractivity contribution in [3.05, 3.63) is 84.2 Å². The number of hydrogen-bond donors (Lipinski definition) is 7.